The first-order chi connectivity index (χ1) is 11.1. The zero-order chi connectivity index (χ0) is 16.7. The number of carbonyl (C=O) groups is 2. The molecule has 5 nitrogen and oxygen atoms in total. The number of carbonyl (C=O) groups excluding carboxylic acids is 2. The topological polar surface area (TPSA) is 61.4 Å². The molecule has 1 atom stereocenters. The molecule has 1 saturated heterocycles. The Morgan fingerprint density at radius 3 is 2.87 bits per heavy atom. The van der Waals surface area contributed by atoms with Gasteiger partial charge in [0.2, 0.25) is 5.91 Å². The number of likely N-dealkylation sites (tertiary alicyclic amines) is 1. The highest BCUT2D eigenvalue weighted by atomic mass is 19.1. The van der Waals surface area contributed by atoms with Crippen LogP contribution < -0.4 is 10.6 Å². The van der Waals surface area contributed by atoms with E-state index < -0.39 is 0 Å². The van der Waals surface area contributed by atoms with Crippen LogP contribution in [0, 0.1) is 5.82 Å². The monoisotopic (exact) mass is 321 g/mol. The van der Waals surface area contributed by atoms with E-state index in [9.17, 15) is 14.0 Å². The van der Waals surface area contributed by atoms with Gasteiger partial charge in [-0.2, -0.15) is 0 Å². The summed E-state index contributed by atoms with van der Waals surface area (Å²) < 4.78 is 13.4. The lowest BCUT2D eigenvalue weighted by Gasteiger charge is -2.25. The van der Waals surface area contributed by atoms with Crippen molar-refractivity contribution in [3.05, 3.63) is 35.6 Å². The Morgan fingerprint density at radius 1 is 1.30 bits per heavy atom. The molecule has 0 radical (unpaired) electrons. The summed E-state index contributed by atoms with van der Waals surface area (Å²) >= 11 is 0. The fraction of sp³-hybridized carbons (Fsp3) is 0.529. The zero-order valence-electron chi connectivity index (χ0n) is 13.5. The Hall–Kier alpha value is -2.11. The minimum Gasteiger partial charge on any atom is -0.356 e. The standard InChI is InChI=1S/C17H24FN3O2/c1-2-9-19-16(22)8-10-20-17(23)21-11-4-7-15(21)13-5-3-6-14(18)12-13/h3,5-6,12,15H,2,4,7-11H2,1H3,(H,19,22)(H,20,23). The van der Waals surface area contributed by atoms with Crippen molar-refractivity contribution in [2.24, 2.45) is 0 Å². The van der Waals surface area contributed by atoms with Crippen molar-refractivity contribution in [1.82, 2.24) is 15.5 Å². The van der Waals surface area contributed by atoms with Crippen molar-refractivity contribution < 1.29 is 14.0 Å². The molecule has 126 valence electrons. The molecule has 0 saturated carbocycles. The number of urea groups is 1. The van der Waals surface area contributed by atoms with Crippen molar-refractivity contribution in [1.29, 1.82) is 0 Å². The third kappa shape index (κ3) is 4.94. The Kier molecular flexibility index (Phi) is 6.38. The SMILES string of the molecule is CCCNC(=O)CCNC(=O)N1CCCC1c1cccc(F)c1. The summed E-state index contributed by atoms with van der Waals surface area (Å²) in [4.78, 5) is 25.5. The number of nitrogens with zero attached hydrogens (tertiary/aromatic N) is 1. The van der Waals surface area contributed by atoms with Gasteiger partial charge in [0.25, 0.3) is 0 Å². The van der Waals surface area contributed by atoms with Crippen LogP contribution in [0.2, 0.25) is 0 Å². The van der Waals surface area contributed by atoms with Gasteiger partial charge in [-0.3, -0.25) is 4.79 Å². The summed E-state index contributed by atoms with van der Waals surface area (Å²) in [5, 5.41) is 5.55. The van der Waals surface area contributed by atoms with E-state index in [0.29, 0.717) is 19.6 Å². The van der Waals surface area contributed by atoms with E-state index in [4.69, 9.17) is 0 Å². The second kappa shape index (κ2) is 8.50. The third-order valence-electron chi connectivity index (χ3n) is 3.95. The summed E-state index contributed by atoms with van der Waals surface area (Å²) in [5.74, 6) is -0.349. The minimum atomic E-state index is -0.289. The molecule has 0 aromatic heterocycles. The first-order valence-corrected chi connectivity index (χ1v) is 8.18. The molecule has 2 rings (SSSR count). The third-order valence-corrected chi connectivity index (χ3v) is 3.95. The van der Waals surface area contributed by atoms with Crippen LogP contribution in [0.4, 0.5) is 9.18 Å². The summed E-state index contributed by atoms with van der Waals surface area (Å²) in [7, 11) is 0. The second-order valence-electron chi connectivity index (χ2n) is 5.74. The maximum absolute atomic E-state index is 13.4. The van der Waals surface area contributed by atoms with E-state index in [2.05, 4.69) is 10.6 Å². The van der Waals surface area contributed by atoms with Crippen molar-refractivity contribution in [2.75, 3.05) is 19.6 Å². The molecule has 1 heterocycles. The van der Waals surface area contributed by atoms with E-state index >= 15 is 0 Å². The van der Waals surface area contributed by atoms with E-state index in [1.54, 1.807) is 11.0 Å². The fourth-order valence-corrected chi connectivity index (χ4v) is 2.81. The number of hydrogen-bond acceptors (Lipinski definition) is 2. The zero-order valence-corrected chi connectivity index (χ0v) is 13.5. The maximum Gasteiger partial charge on any atom is 0.317 e. The molecule has 0 spiro atoms. The number of hydrogen-bond donors (Lipinski definition) is 2. The average molecular weight is 321 g/mol. The number of nitrogens with one attached hydrogen (secondary N) is 2. The van der Waals surface area contributed by atoms with Crippen LogP contribution in [-0.4, -0.2) is 36.5 Å². The highest BCUT2D eigenvalue weighted by Crippen LogP contribution is 2.31. The van der Waals surface area contributed by atoms with Gasteiger partial charge >= 0.3 is 6.03 Å². The molecular weight excluding hydrogens is 297 g/mol. The molecule has 6 heteroatoms. The molecule has 1 aliphatic rings. The molecule has 1 aliphatic heterocycles. The van der Waals surface area contributed by atoms with Crippen LogP contribution >= 0.6 is 0 Å². The average Bonchev–Trinajstić information content (AvgIpc) is 3.02. The maximum atomic E-state index is 13.4. The molecule has 1 fully saturated rings. The van der Waals surface area contributed by atoms with Crippen molar-refractivity contribution in [2.45, 2.75) is 38.6 Å². The summed E-state index contributed by atoms with van der Waals surface area (Å²) in [6.45, 7) is 3.60. The molecule has 2 N–H and O–H groups in total. The first-order valence-electron chi connectivity index (χ1n) is 8.18. The van der Waals surface area contributed by atoms with E-state index in [-0.39, 0.29) is 30.2 Å². The largest absolute Gasteiger partial charge is 0.356 e. The van der Waals surface area contributed by atoms with Crippen molar-refractivity contribution in [3.8, 4) is 0 Å². The molecular formula is C17H24FN3O2. The smallest absolute Gasteiger partial charge is 0.317 e. The second-order valence-corrected chi connectivity index (χ2v) is 5.74. The van der Waals surface area contributed by atoms with E-state index in [1.807, 2.05) is 13.0 Å². The molecule has 3 amide bonds. The Labute approximate surface area is 136 Å². The van der Waals surface area contributed by atoms with Crippen LogP contribution in [-0.2, 0) is 4.79 Å². The van der Waals surface area contributed by atoms with Gasteiger partial charge in [-0.05, 0) is 37.0 Å². The van der Waals surface area contributed by atoms with Crippen LogP contribution in [0.1, 0.15) is 44.2 Å². The normalized spacial score (nSPS) is 17.1. The predicted octanol–water partition coefficient (Wildman–Crippen LogP) is 2.59. The number of rotatable bonds is 6. The summed E-state index contributed by atoms with van der Waals surface area (Å²) in [6, 6.07) is 6.10. The summed E-state index contributed by atoms with van der Waals surface area (Å²) in [6.07, 6.45) is 2.88. The fourth-order valence-electron chi connectivity index (χ4n) is 2.81. The van der Waals surface area contributed by atoms with Gasteiger partial charge in [-0.25, -0.2) is 9.18 Å². The minimum absolute atomic E-state index is 0.0600. The molecule has 1 aromatic carbocycles. The number of halogens is 1. The van der Waals surface area contributed by atoms with Crippen molar-refractivity contribution in [3.63, 3.8) is 0 Å². The van der Waals surface area contributed by atoms with Gasteiger partial charge < -0.3 is 15.5 Å². The van der Waals surface area contributed by atoms with Gasteiger partial charge in [-0.15, -0.1) is 0 Å². The van der Waals surface area contributed by atoms with Gasteiger partial charge in [0.05, 0.1) is 6.04 Å². The molecule has 23 heavy (non-hydrogen) atoms. The van der Waals surface area contributed by atoms with E-state index in [1.165, 1.54) is 12.1 Å². The highest BCUT2D eigenvalue weighted by molar-refractivity contribution is 5.78. The van der Waals surface area contributed by atoms with Gasteiger partial charge in [0.1, 0.15) is 5.82 Å². The van der Waals surface area contributed by atoms with Crippen LogP contribution in [0.3, 0.4) is 0 Å². The lowest BCUT2D eigenvalue weighted by molar-refractivity contribution is -0.120. The van der Waals surface area contributed by atoms with Crippen molar-refractivity contribution >= 4 is 11.9 Å². The summed E-state index contributed by atoms with van der Waals surface area (Å²) in [5.41, 5.74) is 0.818. The Morgan fingerprint density at radius 2 is 2.13 bits per heavy atom. The quantitative estimate of drug-likeness (QED) is 0.846. The Balaban J connectivity index is 1.85. The predicted molar refractivity (Wildman–Crippen MR) is 86.4 cm³/mol. The van der Waals surface area contributed by atoms with Crippen LogP contribution in [0.25, 0.3) is 0 Å². The van der Waals surface area contributed by atoms with Gasteiger partial charge in [-0.1, -0.05) is 19.1 Å². The van der Waals surface area contributed by atoms with Crippen LogP contribution in [0.15, 0.2) is 24.3 Å². The molecule has 0 bridgehead atoms. The molecule has 1 unspecified atom stereocenters. The lowest BCUT2D eigenvalue weighted by atomic mass is 10.0. The van der Waals surface area contributed by atoms with E-state index in [0.717, 1.165) is 24.8 Å². The van der Waals surface area contributed by atoms with Gasteiger partial charge in [0, 0.05) is 26.1 Å². The first kappa shape index (κ1) is 17.2. The van der Waals surface area contributed by atoms with Crippen LogP contribution in [0.5, 0.6) is 0 Å². The number of benzene rings is 1. The highest BCUT2D eigenvalue weighted by Gasteiger charge is 2.29. The molecule has 1 aromatic rings. The molecule has 0 aliphatic carbocycles. The van der Waals surface area contributed by atoms with Gasteiger partial charge in [0.15, 0.2) is 0 Å². The Bertz CT molecular complexity index is 550. The lowest BCUT2D eigenvalue weighted by Crippen LogP contribution is -2.41. The number of amides is 3.